The van der Waals surface area contributed by atoms with Crippen molar-refractivity contribution < 1.29 is 18.7 Å². The lowest BCUT2D eigenvalue weighted by atomic mass is 10.1. The average Bonchev–Trinajstić information content (AvgIpc) is 3.27. The Balaban J connectivity index is 1.50. The van der Waals surface area contributed by atoms with E-state index < -0.39 is 29.5 Å². The number of hydrogen-bond acceptors (Lipinski definition) is 6. The number of carbonyl (C=O) groups excluding carboxylic acids is 2. The Morgan fingerprint density at radius 2 is 1.94 bits per heavy atom. The molecule has 3 amide bonds. The number of ether oxygens (including phenoxy) is 1. The van der Waals surface area contributed by atoms with Gasteiger partial charge in [0.25, 0.3) is 0 Å². The highest BCUT2D eigenvalue weighted by Crippen LogP contribution is 2.25. The van der Waals surface area contributed by atoms with Crippen LogP contribution in [0.25, 0.3) is 5.69 Å². The lowest BCUT2D eigenvalue weighted by Gasteiger charge is -2.24. The number of aromatic nitrogens is 3. The van der Waals surface area contributed by atoms with Crippen molar-refractivity contribution >= 4 is 34.9 Å². The zero-order chi connectivity index (χ0) is 24.2. The van der Waals surface area contributed by atoms with Crippen LogP contribution in [0.4, 0.5) is 20.6 Å². The highest BCUT2D eigenvalue weighted by molar-refractivity contribution is 6.30. The van der Waals surface area contributed by atoms with Crippen LogP contribution < -0.4 is 16.3 Å². The summed E-state index contributed by atoms with van der Waals surface area (Å²) in [6, 6.07) is 9.00. The maximum atomic E-state index is 14.7. The quantitative estimate of drug-likeness (QED) is 0.572. The molecule has 1 aromatic heterocycles. The predicted molar refractivity (Wildman–Crippen MR) is 123 cm³/mol. The van der Waals surface area contributed by atoms with Crippen molar-refractivity contribution in [2.24, 2.45) is 0 Å². The summed E-state index contributed by atoms with van der Waals surface area (Å²) in [6.07, 6.45) is 2.19. The van der Waals surface area contributed by atoms with Gasteiger partial charge < -0.3 is 20.3 Å². The first-order chi connectivity index (χ1) is 16.4. The zero-order valence-corrected chi connectivity index (χ0v) is 18.7. The number of benzene rings is 2. The van der Waals surface area contributed by atoms with Crippen molar-refractivity contribution in [1.82, 2.24) is 19.4 Å². The molecule has 2 N–H and O–H groups in total. The molecule has 12 heteroatoms. The van der Waals surface area contributed by atoms with Crippen LogP contribution in [0.5, 0.6) is 0 Å². The van der Waals surface area contributed by atoms with Gasteiger partial charge >= 0.3 is 11.7 Å². The van der Waals surface area contributed by atoms with E-state index in [1.54, 1.807) is 24.3 Å². The number of methoxy groups -OCH3 is 1. The summed E-state index contributed by atoms with van der Waals surface area (Å²) in [5.41, 5.74) is -0.00996. The predicted octanol–water partition coefficient (Wildman–Crippen LogP) is 2.68. The van der Waals surface area contributed by atoms with E-state index in [4.69, 9.17) is 16.3 Å². The van der Waals surface area contributed by atoms with E-state index in [0.717, 1.165) is 17.0 Å². The number of hydrogen-bond donors (Lipinski definition) is 2. The number of amides is 3. The van der Waals surface area contributed by atoms with Crippen molar-refractivity contribution in [2.45, 2.75) is 18.6 Å². The Morgan fingerprint density at radius 1 is 1.18 bits per heavy atom. The SMILES string of the molecule is CO[C@@H]1C[C@H](C(=O)Nc2ccc(-n3cncnc3=O)cc2F)N(C(=O)Nc2ccc(Cl)cc2)C1. The molecule has 2 heterocycles. The maximum Gasteiger partial charge on any atom is 0.354 e. The molecule has 1 aliphatic rings. The van der Waals surface area contributed by atoms with Crippen molar-refractivity contribution in [3.63, 3.8) is 0 Å². The molecular weight excluding hydrogens is 467 g/mol. The third-order valence-corrected chi connectivity index (χ3v) is 5.62. The largest absolute Gasteiger partial charge is 0.380 e. The molecule has 1 fully saturated rings. The smallest absolute Gasteiger partial charge is 0.354 e. The van der Waals surface area contributed by atoms with Gasteiger partial charge in [-0.1, -0.05) is 11.6 Å². The summed E-state index contributed by atoms with van der Waals surface area (Å²) in [7, 11) is 1.49. The van der Waals surface area contributed by atoms with Gasteiger partial charge in [0.15, 0.2) is 0 Å². The number of nitrogens with zero attached hydrogens (tertiary/aromatic N) is 4. The van der Waals surface area contributed by atoms with Gasteiger partial charge in [-0.25, -0.2) is 19.0 Å². The molecule has 0 aliphatic carbocycles. The van der Waals surface area contributed by atoms with Gasteiger partial charge in [-0.2, -0.15) is 4.98 Å². The number of nitrogens with one attached hydrogen (secondary N) is 2. The van der Waals surface area contributed by atoms with E-state index in [0.29, 0.717) is 10.7 Å². The van der Waals surface area contributed by atoms with E-state index in [1.165, 1.54) is 30.5 Å². The molecule has 0 radical (unpaired) electrons. The molecule has 2 atom stereocenters. The Labute approximate surface area is 198 Å². The van der Waals surface area contributed by atoms with Gasteiger partial charge in [-0.3, -0.25) is 9.36 Å². The van der Waals surface area contributed by atoms with Crippen LogP contribution in [0.15, 0.2) is 59.9 Å². The topological polar surface area (TPSA) is 118 Å². The minimum atomic E-state index is -0.888. The summed E-state index contributed by atoms with van der Waals surface area (Å²) in [6.45, 7) is 0.187. The zero-order valence-electron chi connectivity index (χ0n) is 17.9. The number of likely N-dealkylation sites (tertiary alicyclic amines) is 1. The summed E-state index contributed by atoms with van der Waals surface area (Å²) in [5, 5.41) is 5.76. The minimum Gasteiger partial charge on any atom is -0.380 e. The molecule has 176 valence electrons. The Kier molecular flexibility index (Phi) is 6.85. The Morgan fingerprint density at radius 3 is 2.62 bits per heavy atom. The summed E-state index contributed by atoms with van der Waals surface area (Å²) < 4.78 is 21.2. The second kappa shape index (κ2) is 9.98. The number of carbonyl (C=O) groups is 2. The summed E-state index contributed by atoms with van der Waals surface area (Å²) >= 11 is 5.87. The summed E-state index contributed by atoms with van der Waals surface area (Å²) in [5.74, 6) is -1.34. The molecule has 1 saturated heterocycles. The number of urea groups is 1. The molecular formula is C22H20ClFN6O4. The van der Waals surface area contributed by atoms with Gasteiger partial charge in [0, 0.05) is 36.9 Å². The summed E-state index contributed by atoms with van der Waals surface area (Å²) in [4.78, 5) is 46.3. The monoisotopic (exact) mass is 486 g/mol. The fourth-order valence-electron chi connectivity index (χ4n) is 3.61. The second-order valence-corrected chi connectivity index (χ2v) is 7.95. The van der Waals surface area contributed by atoms with Crippen LogP contribution in [0.1, 0.15) is 6.42 Å². The van der Waals surface area contributed by atoms with Gasteiger partial charge in [-0.15, -0.1) is 0 Å². The second-order valence-electron chi connectivity index (χ2n) is 7.51. The van der Waals surface area contributed by atoms with E-state index in [1.807, 2.05) is 0 Å². The van der Waals surface area contributed by atoms with E-state index in [9.17, 15) is 18.8 Å². The molecule has 10 nitrogen and oxygen atoms in total. The van der Waals surface area contributed by atoms with E-state index >= 15 is 0 Å². The van der Waals surface area contributed by atoms with Gasteiger partial charge in [0.2, 0.25) is 5.91 Å². The molecule has 3 aromatic rings. The van der Waals surface area contributed by atoms with Crippen LogP contribution in [0.2, 0.25) is 5.02 Å². The molecule has 0 spiro atoms. The van der Waals surface area contributed by atoms with Crippen molar-refractivity contribution in [2.75, 3.05) is 24.3 Å². The number of halogens is 2. The number of anilines is 2. The average molecular weight is 487 g/mol. The molecule has 0 unspecified atom stereocenters. The standard InChI is InChI=1S/C22H20ClFN6O4/c1-34-16-9-19(29(10-16)22(33)27-14-4-2-13(23)3-5-14)20(31)28-18-7-6-15(8-17(18)24)30-12-25-11-26-21(30)32/h2-8,11-12,16,19H,9-10H2,1H3,(H,27,33)(H,28,31)/t16-,19-/m1/s1. The van der Waals surface area contributed by atoms with Crippen LogP contribution in [0.3, 0.4) is 0 Å². The lowest BCUT2D eigenvalue weighted by Crippen LogP contribution is -2.45. The first kappa shape index (κ1) is 23.3. The molecule has 34 heavy (non-hydrogen) atoms. The van der Waals surface area contributed by atoms with Gasteiger partial charge in [0.1, 0.15) is 24.5 Å². The van der Waals surface area contributed by atoms with Crippen molar-refractivity contribution in [3.8, 4) is 5.69 Å². The fraction of sp³-hybridized carbons (Fsp3) is 0.227. The first-order valence-corrected chi connectivity index (χ1v) is 10.6. The van der Waals surface area contributed by atoms with Crippen LogP contribution in [0, 0.1) is 5.82 Å². The van der Waals surface area contributed by atoms with Crippen LogP contribution >= 0.6 is 11.6 Å². The molecule has 0 saturated carbocycles. The molecule has 1 aliphatic heterocycles. The highest BCUT2D eigenvalue weighted by atomic mass is 35.5. The fourth-order valence-corrected chi connectivity index (χ4v) is 3.73. The van der Waals surface area contributed by atoms with E-state index in [-0.39, 0.29) is 30.4 Å². The first-order valence-electron chi connectivity index (χ1n) is 10.2. The van der Waals surface area contributed by atoms with Crippen LogP contribution in [-0.2, 0) is 9.53 Å². The Bertz CT molecular complexity index is 1270. The third kappa shape index (κ3) is 5.05. The minimum absolute atomic E-state index is 0.0995. The third-order valence-electron chi connectivity index (χ3n) is 5.37. The number of rotatable bonds is 5. The van der Waals surface area contributed by atoms with E-state index in [2.05, 4.69) is 20.6 Å². The molecule has 2 aromatic carbocycles. The molecule has 4 rings (SSSR count). The lowest BCUT2D eigenvalue weighted by molar-refractivity contribution is -0.119. The van der Waals surface area contributed by atoms with Crippen molar-refractivity contribution in [3.05, 3.63) is 76.4 Å². The van der Waals surface area contributed by atoms with Crippen LogP contribution in [-0.4, -0.2) is 57.2 Å². The Hall–Kier alpha value is -3.83. The maximum absolute atomic E-state index is 14.7. The normalized spacial score (nSPS) is 17.4. The molecule has 0 bridgehead atoms. The highest BCUT2D eigenvalue weighted by Gasteiger charge is 2.40. The van der Waals surface area contributed by atoms with Gasteiger partial charge in [0.05, 0.1) is 17.5 Å². The van der Waals surface area contributed by atoms with Gasteiger partial charge in [-0.05, 0) is 36.4 Å². The van der Waals surface area contributed by atoms with Crippen molar-refractivity contribution in [1.29, 1.82) is 0 Å².